The van der Waals surface area contributed by atoms with Gasteiger partial charge in [-0.05, 0) is 42.4 Å². The average Bonchev–Trinajstić information content (AvgIpc) is 3.24. The number of hydrogen-bond acceptors (Lipinski definition) is 4. The van der Waals surface area contributed by atoms with Gasteiger partial charge in [0.25, 0.3) is 0 Å². The van der Waals surface area contributed by atoms with E-state index >= 15 is 0 Å². The number of sulfonamides is 1. The van der Waals surface area contributed by atoms with Gasteiger partial charge in [0.05, 0.1) is 6.61 Å². The molecule has 0 unspecified atom stereocenters. The first-order valence-electron chi connectivity index (χ1n) is 6.80. The Morgan fingerprint density at radius 1 is 1.43 bits per heavy atom. The van der Waals surface area contributed by atoms with Gasteiger partial charge < -0.3 is 9.84 Å². The molecule has 0 aliphatic heterocycles. The molecule has 7 heteroatoms. The Balaban J connectivity index is 2.08. The molecule has 0 bridgehead atoms. The maximum absolute atomic E-state index is 13.7. The SMILES string of the molecule is COCCC1(CNS(=O)(=O)c2cc(CO)ccc2F)CC1. The number of aliphatic hydroxyl groups is 1. The first-order chi connectivity index (χ1) is 9.92. The van der Waals surface area contributed by atoms with E-state index in [4.69, 9.17) is 9.84 Å². The van der Waals surface area contributed by atoms with Crippen molar-refractivity contribution in [1.29, 1.82) is 0 Å². The Kier molecular flexibility index (Phi) is 4.98. The lowest BCUT2D eigenvalue weighted by atomic mass is 10.0. The summed E-state index contributed by atoms with van der Waals surface area (Å²) in [6.45, 7) is 0.526. The summed E-state index contributed by atoms with van der Waals surface area (Å²) >= 11 is 0. The topological polar surface area (TPSA) is 75.6 Å². The Bertz CT molecular complexity index is 599. The zero-order chi connectivity index (χ0) is 15.5. The molecule has 0 saturated heterocycles. The lowest BCUT2D eigenvalue weighted by Crippen LogP contribution is -2.31. The monoisotopic (exact) mass is 317 g/mol. The zero-order valence-corrected chi connectivity index (χ0v) is 12.7. The fourth-order valence-electron chi connectivity index (χ4n) is 2.19. The van der Waals surface area contributed by atoms with Crippen LogP contribution < -0.4 is 4.72 Å². The summed E-state index contributed by atoms with van der Waals surface area (Å²) in [5.41, 5.74) is 0.297. The van der Waals surface area contributed by atoms with Gasteiger partial charge in [-0.3, -0.25) is 0 Å². The molecule has 0 atom stereocenters. The Hall–Kier alpha value is -1.02. The van der Waals surface area contributed by atoms with Crippen LogP contribution in [0.15, 0.2) is 23.1 Å². The molecule has 1 saturated carbocycles. The molecule has 1 aliphatic rings. The molecule has 21 heavy (non-hydrogen) atoms. The minimum Gasteiger partial charge on any atom is -0.392 e. The largest absolute Gasteiger partial charge is 0.392 e. The van der Waals surface area contributed by atoms with Crippen molar-refractivity contribution in [2.24, 2.45) is 5.41 Å². The molecule has 0 amide bonds. The molecule has 0 heterocycles. The number of rotatable bonds is 8. The highest BCUT2D eigenvalue weighted by atomic mass is 32.2. The lowest BCUT2D eigenvalue weighted by molar-refractivity contribution is 0.173. The smallest absolute Gasteiger partial charge is 0.243 e. The van der Waals surface area contributed by atoms with E-state index in [-0.39, 0.29) is 18.6 Å². The Labute approximate surface area is 124 Å². The molecule has 2 N–H and O–H groups in total. The van der Waals surface area contributed by atoms with E-state index in [0.29, 0.717) is 12.2 Å². The summed E-state index contributed by atoms with van der Waals surface area (Å²) in [7, 11) is -2.31. The van der Waals surface area contributed by atoms with E-state index < -0.39 is 20.7 Å². The van der Waals surface area contributed by atoms with Crippen molar-refractivity contribution < 1.29 is 22.7 Å². The van der Waals surface area contributed by atoms with E-state index in [9.17, 15) is 12.8 Å². The lowest BCUT2D eigenvalue weighted by Gasteiger charge is -2.16. The van der Waals surface area contributed by atoms with Gasteiger partial charge in [0, 0.05) is 20.3 Å². The first kappa shape index (κ1) is 16.4. The van der Waals surface area contributed by atoms with Gasteiger partial charge in [0.1, 0.15) is 10.7 Å². The number of halogens is 1. The highest BCUT2D eigenvalue weighted by Crippen LogP contribution is 2.48. The van der Waals surface area contributed by atoms with E-state index in [0.717, 1.165) is 31.4 Å². The highest BCUT2D eigenvalue weighted by molar-refractivity contribution is 7.89. The summed E-state index contributed by atoms with van der Waals surface area (Å²) in [5.74, 6) is -0.818. The highest BCUT2D eigenvalue weighted by Gasteiger charge is 2.42. The van der Waals surface area contributed by atoms with E-state index in [1.54, 1.807) is 7.11 Å². The molecular weight excluding hydrogens is 297 g/mol. The number of aliphatic hydroxyl groups excluding tert-OH is 1. The number of methoxy groups -OCH3 is 1. The first-order valence-corrected chi connectivity index (χ1v) is 8.29. The summed E-state index contributed by atoms with van der Waals surface area (Å²) in [5, 5.41) is 9.03. The molecule has 0 spiro atoms. The molecule has 0 aromatic heterocycles. The van der Waals surface area contributed by atoms with Gasteiger partial charge in [-0.25, -0.2) is 17.5 Å². The van der Waals surface area contributed by atoms with Crippen molar-refractivity contribution >= 4 is 10.0 Å². The minimum absolute atomic E-state index is 0.0614. The van der Waals surface area contributed by atoms with Crippen LogP contribution in [0, 0.1) is 11.2 Å². The van der Waals surface area contributed by atoms with Gasteiger partial charge >= 0.3 is 0 Å². The van der Waals surface area contributed by atoms with Gasteiger partial charge in [0.2, 0.25) is 10.0 Å². The molecule has 1 aromatic carbocycles. The summed E-state index contributed by atoms with van der Waals surface area (Å²) < 4.78 is 45.6. The molecular formula is C14H20FNO4S. The predicted octanol–water partition coefficient (Wildman–Crippen LogP) is 1.41. The van der Waals surface area contributed by atoms with E-state index in [1.165, 1.54) is 6.07 Å². The van der Waals surface area contributed by atoms with Crippen LogP contribution in [0.3, 0.4) is 0 Å². The maximum atomic E-state index is 13.7. The Morgan fingerprint density at radius 2 is 2.14 bits per heavy atom. The van der Waals surface area contributed by atoms with Crippen LogP contribution in [0.2, 0.25) is 0 Å². The molecule has 5 nitrogen and oxygen atoms in total. The predicted molar refractivity (Wildman–Crippen MR) is 75.7 cm³/mol. The number of ether oxygens (including phenoxy) is 1. The van der Waals surface area contributed by atoms with Crippen molar-refractivity contribution in [2.75, 3.05) is 20.3 Å². The van der Waals surface area contributed by atoms with Crippen molar-refractivity contribution in [3.05, 3.63) is 29.6 Å². The second-order valence-corrected chi connectivity index (χ2v) is 7.23. The number of hydrogen-bond donors (Lipinski definition) is 2. The quantitative estimate of drug-likeness (QED) is 0.760. The van der Waals surface area contributed by atoms with Gasteiger partial charge in [-0.15, -0.1) is 0 Å². The minimum atomic E-state index is -3.92. The molecule has 1 aromatic rings. The average molecular weight is 317 g/mol. The van der Waals surface area contributed by atoms with Crippen molar-refractivity contribution in [2.45, 2.75) is 30.8 Å². The summed E-state index contributed by atoms with van der Waals surface area (Å²) in [6.07, 6.45) is 2.67. The number of benzene rings is 1. The van der Waals surface area contributed by atoms with Crippen molar-refractivity contribution in [3.63, 3.8) is 0 Å². The van der Waals surface area contributed by atoms with Crippen LogP contribution in [0.1, 0.15) is 24.8 Å². The molecule has 1 aliphatic carbocycles. The second kappa shape index (κ2) is 6.39. The maximum Gasteiger partial charge on any atom is 0.243 e. The van der Waals surface area contributed by atoms with Gasteiger partial charge in [0.15, 0.2) is 0 Å². The zero-order valence-electron chi connectivity index (χ0n) is 11.9. The van der Waals surface area contributed by atoms with Crippen LogP contribution in [-0.4, -0.2) is 33.8 Å². The van der Waals surface area contributed by atoms with E-state index in [1.807, 2.05) is 0 Å². The van der Waals surface area contributed by atoms with Crippen LogP contribution >= 0.6 is 0 Å². The summed E-state index contributed by atoms with van der Waals surface area (Å²) in [4.78, 5) is -0.420. The number of nitrogens with one attached hydrogen (secondary N) is 1. The van der Waals surface area contributed by atoms with Crippen LogP contribution in [-0.2, 0) is 21.4 Å². The standard InChI is InChI=1S/C14H20FNO4S/c1-20-7-6-14(4-5-14)10-16-21(18,19)13-8-11(9-17)2-3-12(13)15/h2-3,8,16-17H,4-7,9-10H2,1H3. The fourth-order valence-corrected chi connectivity index (χ4v) is 3.47. The molecule has 118 valence electrons. The van der Waals surface area contributed by atoms with Gasteiger partial charge in [-0.1, -0.05) is 6.07 Å². The van der Waals surface area contributed by atoms with Crippen molar-refractivity contribution in [1.82, 2.24) is 4.72 Å². The fraction of sp³-hybridized carbons (Fsp3) is 0.571. The summed E-state index contributed by atoms with van der Waals surface area (Å²) in [6, 6.07) is 3.57. The van der Waals surface area contributed by atoms with Gasteiger partial charge in [-0.2, -0.15) is 0 Å². The van der Waals surface area contributed by atoms with Crippen LogP contribution in [0.5, 0.6) is 0 Å². The van der Waals surface area contributed by atoms with Crippen LogP contribution in [0.25, 0.3) is 0 Å². The third-order valence-corrected chi connectivity index (χ3v) is 5.31. The van der Waals surface area contributed by atoms with E-state index in [2.05, 4.69) is 4.72 Å². The normalized spacial score (nSPS) is 16.9. The van der Waals surface area contributed by atoms with Crippen molar-refractivity contribution in [3.8, 4) is 0 Å². The molecule has 0 radical (unpaired) electrons. The molecule has 1 fully saturated rings. The third kappa shape index (κ3) is 4.00. The second-order valence-electron chi connectivity index (χ2n) is 5.49. The third-order valence-electron chi connectivity index (χ3n) is 3.90. The van der Waals surface area contributed by atoms with Crippen LogP contribution in [0.4, 0.5) is 4.39 Å². The Morgan fingerprint density at radius 3 is 2.71 bits per heavy atom. The molecule has 2 rings (SSSR count).